The first-order chi connectivity index (χ1) is 9.90. The number of carbonyl (C=O) groups excluding carboxylic acids is 2. The van der Waals surface area contributed by atoms with Crippen molar-refractivity contribution in [1.82, 2.24) is 10.1 Å². The Bertz CT molecular complexity index is 522. The molecule has 0 aromatic carbocycles. The fourth-order valence-corrected chi connectivity index (χ4v) is 2.22. The number of anilines is 1. The fraction of sp³-hybridized carbons (Fsp3) is 0.615. The summed E-state index contributed by atoms with van der Waals surface area (Å²) in [6.07, 6.45) is 0.917. The van der Waals surface area contributed by atoms with Gasteiger partial charge in [-0.25, -0.2) is 0 Å². The van der Waals surface area contributed by atoms with Crippen molar-refractivity contribution < 1.29 is 18.8 Å². The lowest BCUT2D eigenvalue weighted by molar-refractivity contribution is -0.141. The lowest BCUT2D eigenvalue weighted by Gasteiger charge is -2.34. The number of aromatic nitrogens is 1. The number of nitrogens with two attached hydrogens (primary N) is 1. The van der Waals surface area contributed by atoms with Crippen LogP contribution in [0, 0.1) is 6.92 Å². The van der Waals surface area contributed by atoms with E-state index in [0.29, 0.717) is 37.6 Å². The highest BCUT2D eigenvalue weighted by atomic mass is 16.5. The zero-order valence-corrected chi connectivity index (χ0v) is 12.2. The van der Waals surface area contributed by atoms with Gasteiger partial charge >= 0.3 is 0 Å². The number of likely N-dealkylation sites (N-methyl/N-ethyl adjacent to an activating group) is 1. The van der Waals surface area contributed by atoms with Gasteiger partial charge in [0.1, 0.15) is 5.76 Å². The van der Waals surface area contributed by atoms with E-state index < -0.39 is 5.54 Å². The van der Waals surface area contributed by atoms with E-state index in [9.17, 15) is 9.59 Å². The van der Waals surface area contributed by atoms with Crippen LogP contribution >= 0.6 is 0 Å². The zero-order valence-electron chi connectivity index (χ0n) is 12.2. The van der Waals surface area contributed by atoms with Gasteiger partial charge in [0.2, 0.25) is 11.8 Å². The molecule has 2 rings (SSSR count). The third-order valence-corrected chi connectivity index (χ3v) is 3.43. The Hall–Kier alpha value is -1.93. The molecule has 1 aliphatic heterocycles. The molecule has 1 aliphatic rings. The topological polar surface area (TPSA) is 111 Å². The SMILES string of the molecule is Cc1cc(NC(=O)CN(C)C(=O)C2(N)CCOCC2)no1. The summed E-state index contributed by atoms with van der Waals surface area (Å²) in [7, 11) is 1.56. The molecule has 8 heteroatoms. The van der Waals surface area contributed by atoms with E-state index in [1.165, 1.54) is 4.90 Å². The van der Waals surface area contributed by atoms with E-state index in [0.717, 1.165) is 0 Å². The summed E-state index contributed by atoms with van der Waals surface area (Å²) < 4.78 is 10.1. The van der Waals surface area contributed by atoms with Crippen molar-refractivity contribution in [2.24, 2.45) is 5.73 Å². The van der Waals surface area contributed by atoms with Crippen molar-refractivity contribution in [3.63, 3.8) is 0 Å². The van der Waals surface area contributed by atoms with Gasteiger partial charge in [-0.15, -0.1) is 0 Å². The van der Waals surface area contributed by atoms with E-state index in [4.69, 9.17) is 15.0 Å². The van der Waals surface area contributed by atoms with Crippen LogP contribution in [0.5, 0.6) is 0 Å². The molecular weight excluding hydrogens is 276 g/mol. The number of nitrogens with zero attached hydrogens (tertiary/aromatic N) is 2. The van der Waals surface area contributed by atoms with Crippen LogP contribution in [0.4, 0.5) is 5.82 Å². The Morgan fingerprint density at radius 2 is 2.14 bits per heavy atom. The first-order valence-corrected chi connectivity index (χ1v) is 6.76. The number of carbonyl (C=O) groups is 2. The molecule has 1 saturated heterocycles. The molecule has 0 radical (unpaired) electrons. The number of amides is 2. The fourth-order valence-electron chi connectivity index (χ4n) is 2.22. The van der Waals surface area contributed by atoms with Crippen LogP contribution in [0.3, 0.4) is 0 Å². The maximum atomic E-state index is 12.3. The molecule has 0 saturated carbocycles. The third-order valence-electron chi connectivity index (χ3n) is 3.43. The second kappa shape index (κ2) is 6.23. The molecular formula is C13H20N4O4. The second-order valence-electron chi connectivity index (χ2n) is 5.30. The van der Waals surface area contributed by atoms with E-state index in [1.54, 1.807) is 20.0 Å². The molecule has 0 aliphatic carbocycles. The van der Waals surface area contributed by atoms with Crippen molar-refractivity contribution in [3.05, 3.63) is 11.8 Å². The average molecular weight is 296 g/mol. The quantitative estimate of drug-likeness (QED) is 0.802. The van der Waals surface area contributed by atoms with E-state index in [-0.39, 0.29) is 18.4 Å². The molecule has 0 unspecified atom stereocenters. The largest absolute Gasteiger partial charge is 0.381 e. The summed E-state index contributed by atoms with van der Waals surface area (Å²) in [4.78, 5) is 25.5. The first kappa shape index (κ1) is 15.5. The number of ether oxygens (including phenoxy) is 1. The standard InChI is InChI=1S/C13H20N4O4/c1-9-7-10(16-21-9)15-11(18)8-17(2)12(19)13(14)3-5-20-6-4-13/h7H,3-6,8,14H2,1-2H3,(H,15,16,18). The Kier molecular flexibility index (Phi) is 4.59. The molecule has 8 nitrogen and oxygen atoms in total. The molecule has 2 amide bonds. The summed E-state index contributed by atoms with van der Waals surface area (Å²) in [5, 5.41) is 6.22. The van der Waals surface area contributed by atoms with Gasteiger partial charge in [0.05, 0.1) is 12.1 Å². The molecule has 116 valence electrons. The Balaban J connectivity index is 1.89. The van der Waals surface area contributed by atoms with Gasteiger partial charge in [0.15, 0.2) is 5.82 Å². The molecule has 2 heterocycles. The average Bonchev–Trinajstić information content (AvgIpc) is 2.83. The van der Waals surface area contributed by atoms with Crippen molar-refractivity contribution in [2.45, 2.75) is 25.3 Å². The monoisotopic (exact) mass is 296 g/mol. The van der Waals surface area contributed by atoms with Crippen molar-refractivity contribution in [1.29, 1.82) is 0 Å². The number of aryl methyl sites for hydroxylation is 1. The van der Waals surface area contributed by atoms with Crippen LogP contribution < -0.4 is 11.1 Å². The smallest absolute Gasteiger partial charge is 0.245 e. The highest BCUT2D eigenvalue weighted by Gasteiger charge is 2.38. The molecule has 0 bridgehead atoms. The lowest BCUT2D eigenvalue weighted by Crippen LogP contribution is -2.58. The summed E-state index contributed by atoms with van der Waals surface area (Å²) in [5.74, 6) is 0.316. The maximum Gasteiger partial charge on any atom is 0.245 e. The molecule has 0 atom stereocenters. The van der Waals surface area contributed by atoms with Gasteiger partial charge in [0.25, 0.3) is 0 Å². The predicted molar refractivity (Wildman–Crippen MR) is 74.5 cm³/mol. The maximum absolute atomic E-state index is 12.3. The molecule has 1 aromatic rings. The summed E-state index contributed by atoms with van der Waals surface area (Å²) >= 11 is 0. The summed E-state index contributed by atoms with van der Waals surface area (Å²) in [6.45, 7) is 2.55. The molecule has 1 aromatic heterocycles. The summed E-state index contributed by atoms with van der Waals surface area (Å²) in [6, 6.07) is 1.60. The van der Waals surface area contributed by atoms with Crippen LogP contribution in [-0.2, 0) is 14.3 Å². The van der Waals surface area contributed by atoms with Crippen molar-refractivity contribution >= 4 is 17.6 Å². The van der Waals surface area contributed by atoms with Crippen LogP contribution in [0.1, 0.15) is 18.6 Å². The van der Waals surface area contributed by atoms with Crippen LogP contribution in [-0.4, -0.2) is 54.2 Å². The lowest BCUT2D eigenvalue weighted by atomic mass is 9.90. The second-order valence-corrected chi connectivity index (χ2v) is 5.30. The number of nitrogens with one attached hydrogen (secondary N) is 1. The third kappa shape index (κ3) is 3.79. The minimum atomic E-state index is -0.947. The molecule has 1 fully saturated rings. The predicted octanol–water partition coefficient (Wildman–Crippen LogP) is -0.112. The minimum absolute atomic E-state index is 0.0927. The highest BCUT2D eigenvalue weighted by molar-refractivity contribution is 5.95. The Morgan fingerprint density at radius 3 is 2.71 bits per heavy atom. The van der Waals surface area contributed by atoms with Crippen molar-refractivity contribution in [2.75, 3.05) is 32.1 Å². The van der Waals surface area contributed by atoms with E-state index >= 15 is 0 Å². The van der Waals surface area contributed by atoms with Gasteiger partial charge in [-0.2, -0.15) is 0 Å². The van der Waals surface area contributed by atoms with Gasteiger partial charge in [-0.1, -0.05) is 5.16 Å². The van der Waals surface area contributed by atoms with Gasteiger partial charge in [0, 0.05) is 26.3 Å². The molecule has 0 spiro atoms. The highest BCUT2D eigenvalue weighted by Crippen LogP contribution is 2.20. The van der Waals surface area contributed by atoms with Crippen LogP contribution in [0.25, 0.3) is 0 Å². The number of hydrogen-bond donors (Lipinski definition) is 2. The molecule has 3 N–H and O–H groups in total. The zero-order chi connectivity index (χ0) is 15.5. The minimum Gasteiger partial charge on any atom is -0.381 e. The van der Waals surface area contributed by atoms with Gasteiger partial charge < -0.3 is 25.2 Å². The van der Waals surface area contributed by atoms with Crippen LogP contribution in [0.2, 0.25) is 0 Å². The van der Waals surface area contributed by atoms with Gasteiger partial charge in [-0.05, 0) is 19.8 Å². The van der Waals surface area contributed by atoms with E-state index in [1.807, 2.05) is 0 Å². The molecule has 21 heavy (non-hydrogen) atoms. The normalized spacial score (nSPS) is 17.3. The number of rotatable bonds is 4. The van der Waals surface area contributed by atoms with Gasteiger partial charge in [-0.3, -0.25) is 9.59 Å². The first-order valence-electron chi connectivity index (χ1n) is 6.76. The van der Waals surface area contributed by atoms with E-state index in [2.05, 4.69) is 10.5 Å². The number of hydrogen-bond acceptors (Lipinski definition) is 6. The van der Waals surface area contributed by atoms with Crippen LogP contribution in [0.15, 0.2) is 10.6 Å². The van der Waals surface area contributed by atoms with Crippen molar-refractivity contribution in [3.8, 4) is 0 Å². The Labute approximate surface area is 122 Å². The summed E-state index contributed by atoms with van der Waals surface area (Å²) in [5.41, 5.74) is 5.16. The Morgan fingerprint density at radius 1 is 1.48 bits per heavy atom.